The second kappa shape index (κ2) is 12.3. The molecule has 0 radical (unpaired) electrons. The lowest BCUT2D eigenvalue weighted by Crippen LogP contribution is -2.45. The number of carbonyl (C=O) groups excluding carboxylic acids is 1. The zero-order valence-electron chi connectivity index (χ0n) is 18.0. The van der Waals surface area contributed by atoms with Gasteiger partial charge in [-0.25, -0.2) is 13.2 Å². The maximum atomic E-state index is 12.8. The quantitative estimate of drug-likeness (QED) is 0.561. The van der Waals surface area contributed by atoms with Crippen LogP contribution in [0.25, 0.3) is 0 Å². The van der Waals surface area contributed by atoms with Crippen molar-refractivity contribution in [3.8, 4) is 0 Å². The minimum absolute atomic E-state index is 0.102. The maximum Gasteiger partial charge on any atom is 0.317 e. The topological polar surface area (TPSA) is 69.7 Å². The van der Waals surface area contributed by atoms with Crippen molar-refractivity contribution in [2.45, 2.75) is 25.2 Å². The van der Waals surface area contributed by atoms with E-state index < -0.39 is 9.84 Å². The molecule has 2 aromatic carbocycles. The van der Waals surface area contributed by atoms with Gasteiger partial charge in [-0.2, -0.15) is 0 Å². The number of hydrogen-bond acceptors (Lipinski definition) is 4. The van der Waals surface area contributed by atoms with E-state index in [1.807, 2.05) is 30.3 Å². The standard InChI is InChI=1S/C23H33N3O3S/c1-3-25(4-2)18-16-24-23(27)26(17-15-21-11-7-5-8-12-21)19-20-30(28,29)22-13-9-6-10-14-22/h5-14H,3-4,15-20H2,1-2H3,(H,24,27). The van der Waals surface area contributed by atoms with Crippen LogP contribution in [0.15, 0.2) is 65.6 Å². The van der Waals surface area contributed by atoms with Gasteiger partial charge in [-0.3, -0.25) is 0 Å². The molecule has 0 aliphatic rings. The number of likely N-dealkylation sites (N-methyl/N-ethyl adjacent to an activating group) is 1. The summed E-state index contributed by atoms with van der Waals surface area (Å²) >= 11 is 0. The zero-order valence-corrected chi connectivity index (χ0v) is 18.8. The van der Waals surface area contributed by atoms with Gasteiger partial charge in [0.2, 0.25) is 0 Å². The SMILES string of the molecule is CCN(CC)CCNC(=O)N(CCc1ccccc1)CCS(=O)(=O)c1ccccc1. The van der Waals surface area contributed by atoms with E-state index in [0.717, 1.165) is 25.2 Å². The molecule has 0 atom stereocenters. The Labute approximate surface area is 180 Å². The Morgan fingerprint density at radius 3 is 2.07 bits per heavy atom. The summed E-state index contributed by atoms with van der Waals surface area (Å²) in [5.41, 5.74) is 1.12. The fourth-order valence-electron chi connectivity index (χ4n) is 3.17. The lowest BCUT2D eigenvalue weighted by molar-refractivity contribution is 0.199. The molecule has 0 aliphatic heterocycles. The summed E-state index contributed by atoms with van der Waals surface area (Å²) in [7, 11) is -3.44. The van der Waals surface area contributed by atoms with Crippen LogP contribution in [0.5, 0.6) is 0 Å². The number of sulfone groups is 1. The molecule has 0 spiro atoms. The third kappa shape index (κ3) is 7.80. The van der Waals surface area contributed by atoms with Crippen LogP contribution in [0.2, 0.25) is 0 Å². The lowest BCUT2D eigenvalue weighted by Gasteiger charge is -2.24. The number of nitrogens with one attached hydrogen (secondary N) is 1. The van der Waals surface area contributed by atoms with Crippen LogP contribution in [0.4, 0.5) is 4.79 Å². The first-order chi connectivity index (χ1) is 14.5. The third-order valence-electron chi connectivity index (χ3n) is 5.13. The van der Waals surface area contributed by atoms with Gasteiger partial charge in [0.15, 0.2) is 9.84 Å². The highest BCUT2D eigenvalue weighted by atomic mass is 32.2. The lowest BCUT2D eigenvalue weighted by atomic mass is 10.1. The van der Waals surface area contributed by atoms with Crippen LogP contribution in [0, 0.1) is 0 Å². The summed E-state index contributed by atoms with van der Waals surface area (Å²) < 4.78 is 25.3. The van der Waals surface area contributed by atoms with Crippen molar-refractivity contribution in [2.24, 2.45) is 0 Å². The molecule has 0 unspecified atom stereocenters. The Morgan fingerprint density at radius 1 is 0.867 bits per heavy atom. The average molecular weight is 432 g/mol. The van der Waals surface area contributed by atoms with Gasteiger partial charge in [-0.15, -0.1) is 0 Å². The molecule has 0 aliphatic carbocycles. The van der Waals surface area contributed by atoms with Gasteiger partial charge in [0.1, 0.15) is 0 Å². The molecule has 2 rings (SSSR count). The normalized spacial score (nSPS) is 11.4. The van der Waals surface area contributed by atoms with E-state index in [9.17, 15) is 13.2 Å². The first-order valence-corrected chi connectivity index (χ1v) is 12.2. The zero-order chi connectivity index (χ0) is 21.8. The van der Waals surface area contributed by atoms with Crippen molar-refractivity contribution in [3.63, 3.8) is 0 Å². The second-order valence-corrected chi connectivity index (χ2v) is 9.22. The molecule has 0 fully saturated rings. The molecule has 6 nitrogen and oxygen atoms in total. The van der Waals surface area contributed by atoms with Crippen molar-refractivity contribution in [3.05, 3.63) is 66.2 Å². The molecule has 2 aromatic rings. The Morgan fingerprint density at radius 2 is 1.47 bits per heavy atom. The summed E-state index contributed by atoms with van der Waals surface area (Å²) in [6.07, 6.45) is 0.676. The molecule has 0 heterocycles. The fraction of sp³-hybridized carbons (Fsp3) is 0.435. The monoisotopic (exact) mass is 431 g/mol. The summed E-state index contributed by atoms with van der Waals surface area (Å²) in [5.74, 6) is -0.102. The van der Waals surface area contributed by atoms with Crippen molar-refractivity contribution >= 4 is 15.9 Å². The van der Waals surface area contributed by atoms with Gasteiger partial charge in [-0.1, -0.05) is 62.4 Å². The van der Waals surface area contributed by atoms with Gasteiger partial charge < -0.3 is 15.1 Å². The van der Waals surface area contributed by atoms with E-state index in [4.69, 9.17) is 0 Å². The first kappa shape index (κ1) is 23.9. The van der Waals surface area contributed by atoms with E-state index in [1.54, 1.807) is 35.2 Å². The maximum absolute atomic E-state index is 12.8. The molecule has 0 saturated carbocycles. The number of urea groups is 1. The van der Waals surface area contributed by atoms with Crippen LogP contribution in [-0.2, 0) is 16.3 Å². The Kier molecular flexibility index (Phi) is 9.83. The van der Waals surface area contributed by atoms with Crippen molar-refractivity contribution in [2.75, 3.05) is 45.0 Å². The molecular formula is C23H33N3O3S. The molecule has 7 heteroatoms. The second-order valence-electron chi connectivity index (χ2n) is 7.11. The van der Waals surface area contributed by atoms with E-state index in [-0.39, 0.29) is 23.2 Å². The first-order valence-electron chi connectivity index (χ1n) is 10.5. The molecule has 0 bridgehead atoms. The molecule has 0 saturated heterocycles. The average Bonchev–Trinajstić information content (AvgIpc) is 2.78. The number of carbonyl (C=O) groups is 1. The fourth-order valence-corrected chi connectivity index (χ4v) is 4.44. The minimum Gasteiger partial charge on any atom is -0.337 e. The third-order valence-corrected chi connectivity index (χ3v) is 6.84. The predicted octanol–water partition coefficient (Wildman–Crippen LogP) is 3.06. The van der Waals surface area contributed by atoms with Crippen molar-refractivity contribution in [1.82, 2.24) is 15.1 Å². The predicted molar refractivity (Wildman–Crippen MR) is 121 cm³/mol. The van der Waals surface area contributed by atoms with Crippen LogP contribution >= 0.6 is 0 Å². The number of benzene rings is 2. The highest BCUT2D eigenvalue weighted by Gasteiger charge is 2.19. The van der Waals surface area contributed by atoms with Crippen LogP contribution in [0.3, 0.4) is 0 Å². The minimum atomic E-state index is -3.44. The van der Waals surface area contributed by atoms with Crippen molar-refractivity contribution in [1.29, 1.82) is 0 Å². The Hall–Kier alpha value is -2.38. The van der Waals surface area contributed by atoms with Gasteiger partial charge in [0.25, 0.3) is 0 Å². The van der Waals surface area contributed by atoms with E-state index >= 15 is 0 Å². The molecule has 164 valence electrons. The molecule has 1 N–H and O–H groups in total. The van der Waals surface area contributed by atoms with Crippen LogP contribution in [-0.4, -0.2) is 69.3 Å². The summed E-state index contributed by atoms with van der Waals surface area (Å²) in [4.78, 5) is 16.9. The largest absolute Gasteiger partial charge is 0.337 e. The molecular weight excluding hydrogens is 398 g/mol. The van der Waals surface area contributed by atoms with Gasteiger partial charge >= 0.3 is 6.03 Å². The van der Waals surface area contributed by atoms with E-state index in [2.05, 4.69) is 24.1 Å². The van der Waals surface area contributed by atoms with E-state index in [0.29, 0.717) is 19.5 Å². The highest BCUT2D eigenvalue weighted by Crippen LogP contribution is 2.11. The van der Waals surface area contributed by atoms with Crippen LogP contribution < -0.4 is 5.32 Å². The van der Waals surface area contributed by atoms with Gasteiger partial charge in [0.05, 0.1) is 10.6 Å². The number of rotatable bonds is 12. The Bertz CT molecular complexity index is 854. The summed E-state index contributed by atoms with van der Waals surface area (Å²) in [5, 5.41) is 2.94. The van der Waals surface area contributed by atoms with Gasteiger partial charge in [0, 0.05) is 26.2 Å². The number of hydrogen-bond donors (Lipinski definition) is 1. The Balaban J connectivity index is 1.99. The molecule has 2 amide bonds. The van der Waals surface area contributed by atoms with Crippen molar-refractivity contribution < 1.29 is 13.2 Å². The highest BCUT2D eigenvalue weighted by molar-refractivity contribution is 7.91. The summed E-state index contributed by atoms with van der Waals surface area (Å²) in [6.45, 7) is 7.96. The van der Waals surface area contributed by atoms with Gasteiger partial charge in [-0.05, 0) is 37.2 Å². The smallest absolute Gasteiger partial charge is 0.317 e. The van der Waals surface area contributed by atoms with Crippen LogP contribution in [0.1, 0.15) is 19.4 Å². The number of nitrogens with zero attached hydrogens (tertiary/aromatic N) is 2. The number of amides is 2. The van der Waals surface area contributed by atoms with E-state index in [1.165, 1.54) is 0 Å². The molecule has 0 aromatic heterocycles. The summed E-state index contributed by atoms with van der Waals surface area (Å²) in [6, 6.07) is 18.1. The molecule has 30 heavy (non-hydrogen) atoms.